The number of allylic oxidation sites excluding steroid dienone is 1. The molecule has 0 unspecified atom stereocenters. The molecule has 0 saturated carbocycles. The summed E-state index contributed by atoms with van der Waals surface area (Å²) in [6, 6.07) is 3.57. The summed E-state index contributed by atoms with van der Waals surface area (Å²) in [5.74, 6) is 0.728. The van der Waals surface area contributed by atoms with E-state index in [4.69, 9.17) is 4.42 Å². The van der Waals surface area contributed by atoms with Crippen LogP contribution < -0.4 is 0 Å². The SMILES string of the molecule is CC(=O)/C=C\c1ccco1. The molecule has 52 valence electrons. The number of hydrogen-bond acceptors (Lipinski definition) is 2. The van der Waals surface area contributed by atoms with E-state index in [0.717, 1.165) is 0 Å². The van der Waals surface area contributed by atoms with E-state index in [-0.39, 0.29) is 5.78 Å². The first-order chi connectivity index (χ1) is 4.79. The molecule has 0 bridgehead atoms. The van der Waals surface area contributed by atoms with E-state index in [1.807, 2.05) is 0 Å². The van der Waals surface area contributed by atoms with Gasteiger partial charge in [0.2, 0.25) is 0 Å². The first kappa shape index (κ1) is 6.81. The fourth-order valence-corrected chi connectivity index (χ4v) is 0.586. The van der Waals surface area contributed by atoms with Crippen LogP contribution in [0.5, 0.6) is 0 Å². The van der Waals surface area contributed by atoms with Crippen molar-refractivity contribution < 1.29 is 9.21 Å². The highest BCUT2D eigenvalue weighted by Crippen LogP contribution is 2.01. The number of hydrogen-bond donors (Lipinski definition) is 0. The first-order valence-corrected chi connectivity index (χ1v) is 3.01. The molecule has 0 radical (unpaired) electrons. The van der Waals surface area contributed by atoms with Crippen molar-refractivity contribution in [1.29, 1.82) is 0 Å². The van der Waals surface area contributed by atoms with Gasteiger partial charge in [-0.15, -0.1) is 0 Å². The molecule has 0 aliphatic carbocycles. The van der Waals surface area contributed by atoms with Gasteiger partial charge in [0.1, 0.15) is 5.76 Å². The van der Waals surface area contributed by atoms with Gasteiger partial charge in [0.25, 0.3) is 0 Å². The molecule has 0 N–H and O–H groups in total. The minimum absolute atomic E-state index is 0.0244. The fourth-order valence-electron chi connectivity index (χ4n) is 0.586. The van der Waals surface area contributed by atoms with E-state index in [2.05, 4.69) is 0 Å². The number of carbonyl (C=O) groups excluding carboxylic acids is 1. The maximum atomic E-state index is 10.4. The lowest BCUT2D eigenvalue weighted by molar-refractivity contribution is -0.112. The second-order valence-electron chi connectivity index (χ2n) is 1.96. The maximum Gasteiger partial charge on any atom is 0.152 e. The zero-order valence-electron chi connectivity index (χ0n) is 5.70. The molecular weight excluding hydrogens is 128 g/mol. The third kappa shape index (κ3) is 1.90. The second kappa shape index (κ2) is 3.01. The van der Waals surface area contributed by atoms with E-state index in [1.165, 1.54) is 13.0 Å². The number of carbonyl (C=O) groups is 1. The average Bonchev–Trinajstić information content (AvgIpc) is 2.34. The van der Waals surface area contributed by atoms with E-state index in [9.17, 15) is 4.79 Å². The summed E-state index contributed by atoms with van der Waals surface area (Å²) in [7, 11) is 0. The highest BCUT2D eigenvalue weighted by Gasteiger charge is 1.87. The quantitative estimate of drug-likeness (QED) is 0.581. The minimum Gasteiger partial charge on any atom is -0.465 e. The van der Waals surface area contributed by atoms with Gasteiger partial charge >= 0.3 is 0 Å². The Morgan fingerprint density at radius 2 is 2.50 bits per heavy atom. The Morgan fingerprint density at radius 1 is 1.70 bits per heavy atom. The number of rotatable bonds is 2. The van der Waals surface area contributed by atoms with Gasteiger partial charge in [-0.1, -0.05) is 0 Å². The minimum atomic E-state index is 0.0244. The maximum absolute atomic E-state index is 10.4. The van der Waals surface area contributed by atoms with Crippen LogP contribution in [0.3, 0.4) is 0 Å². The molecule has 1 aromatic heterocycles. The Labute approximate surface area is 59.2 Å². The lowest BCUT2D eigenvalue weighted by Crippen LogP contribution is -1.77. The van der Waals surface area contributed by atoms with Gasteiger partial charge in [-0.3, -0.25) is 4.79 Å². The molecule has 0 atom stereocenters. The molecular formula is C8H8O2. The molecule has 0 saturated heterocycles. The Morgan fingerprint density at radius 3 is 3.00 bits per heavy atom. The summed E-state index contributed by atoms with van der Waals surface area (Å²) in [6.45, 7) is 1.50. The van der Waals surface area contributed by atoms with Gasteiger partial charge in [0.05, 0.1) is 6.26 Å². The summed E-state index contributed by atoms with van der Waals surface area (Å²) >= 11 is 0. The van der Waals surface area contributed by atoms with Crippen LogP contribution >= 0.6 is 0 Å². The normalized spacial score (nSPS) is 10.5. The molecule has 1 heterocycles. The summed E-state index contributed by atoms with van der Waals surface area (Å²) in [4.78, 5) is 10.4. The van der Waals surface area contributed by atoms with Gasteiger partial charge in [-0.05, 0) is 31.2 Å². The van der Waals surface area contributed by atoms with Gasteiger partial charge in [0.15, 0.2) is 5.78 Å². The van der Waals surface area contributed by atoms with E-state index in [1.54, 1.807) is 24.5 Å². The molecule has 2 nitrogen and oxygen atoms in total. The van der Waals surface area contributed by atoms with Crippen molar-refractivity contribution in [2.45, 2.75) is 6.92 Å². The Balaban J connectivity index is 2.64. The molecule has 0 fully saturated rings. The lowest BCUT2D eigenvalue weighted by Gasteiger charge is -1.79. The molecule has 1 aromatic rings. The topological polar surface area (TPSA) is 30.2 Å². The fraction of sp³-hybridized carbons (Fsp3) is 0.125. The molecule has 0 aromatic carbocycles. The van der Waals surface area contributed by atoms with Crippen molar-refractivity contribution in [2.24, 2.45) is 0 Å². The van der Waals surface area contributed by atoms with Crippen LogP contribution in [-0.4, -0.2) is 5.78 Å². The Kier molecular flexibility index (Phi) is 2.05. The van der Waals surface area contributed by atoms with Crippen molar-refractivity contribution in [3.63, 3.8) is 0 Å². The third-order valence-electron chi connectivity index (χ3n) is 1.03. The van der Waals surface area contributed by atoms with E-state index in [0.29, 0.717) is 5.76 Å². The lowest BCUT2D eigenvalue weighted by atomic mass is 10.3. The zero-order valence-corrected chi connectivity index (χ0v) is 5.70. The Hall–Kier alpha value is -1.31. The van der Waals surface area contributed by atoms with Gasteiger partial charge in [-0.2, -0.15) is 0 Å². The van der Waals surface area contributed by atoms with Gasteiger partial charge in [-0.25, -0.2) is 0 Å². The summed E-state index contributed by atoms with van der Waals surface area (Å²) in [5.41, 5.74) is 0. The first-order valence-electron chi connectivity index (χ1n) is 3.01. The molecule has 2 heteroatoms. The highest BCUT2D eigenvalue weighted by molar-refractivity contribution is 5.91. The van der Waals surface area contributed by atoms with Crippen LogP contribution in [0.2, 0.25) is 0 Å². The summed E-state index contributed by atoms with van der Waals surface area (Å²) < 4.78 is 4.94. The van der Waals surface area contributed by atoms with Crippen LogP contribution in [-0.2, 0) is 4.79 Å². The summed E-state index contributed by atoms with van der Waals surface area (Å²) in [6.07, 6.45) is 4.68. The highest BCUT2D eigenvalue weighted by atomic mass is 16.3. The van der Waals surface area contributed by atoms with Crippen molar-refractivity contribution in [3.05, 3.63) is 30.2 Å². The van der Waals surface area contributed by atoms with E-state index < -0.39 is 0 Å². The van der Waals surface area contributed by atoms with Crippen LogP contribution in [0.25, 0.3) is 6.08 Å². The number of ketones is 1. The molecule has 0 amide bonds. The predicted octanol–water partition coefficient (Wildman–Crippen LogP) is 1.88. The van der Waals surface area contributed by atoms with Crippen LogP contribution in [0, 0.1) is 0 Å². The monoisotopic (exact) mass is 136 g/mol. The van der Waals surface area contributed by atoms with Crippen LogP contribution in [0.1, 0.15) is 12.7 Å². The standard InChI is InChI=1S/C8H8O2/c1-7(9)4-5-8-3-2-6-10-8/h2-6H,1H3/b5-4-. The van der Waals surface area contributed by atoms with Gasteiger partial charge < -0.3 is 4.42 Å². The molecule has 0 aliphatic rings. The second-order valence-corrected chi connectivity index (χ2v) is 1.96. The number of furan rings is 1. The predicted molar refractivity (Wildman–Crippen MR) is 38.4 cm³/mol. The smallest absolute Gasteiger partial charge is 0.152 e. The van der Waals surface area contributed by atoms with Crippen LogP contribution in [0.4, 0.5) is 0 Å². The van der Waals surface area contributed by atoms with Gasteiger partial charge in [0, 0.05) is 0 Å². The average molecular weight is 136 g/mol. The van der Waals surface area contributed by atoms with E-state index >= 15 is 0 Å². The van der Waals surface area contributed by atoms with Crippen LogP contribution in [0.15, 0.2) is 28.9 Å². The van der Waals surface area contributed by atoms with Crippen molar-refractivity contribution >= 4 is 11.9 Å². The summed E-state index contributed by atoms with van der Waals surface area (Å²) in [5, 5.41) is 0. The molecule has 1 rings (SSSR count). The Bertz CT molecular complexity index is 232. The van der Waals surface area contributed by atoms with Crippen molar-refractivity contribution in [2.75, 3.05) is 0 Å². The molecule has 0 aliphatic heterocycles. The van der Waals surface area contributed by atoms with Crippen molar-refractivity contribution in [3.8, 4) is 0 Å². The molecule has 0 spiro atoms. The third-order valence-corrected chi connectivity index (χ3v) is 1.03. The van der Waals surface area contributed by atoms with Crippen molar-refractivity contribution in [1.82, 2.24) is 0 Å². The zero-order chi connectivity index (χ0) is 7.40. The largest absolute Gasteiger partial charge is 0.465 e. The molecule has 10 heavy (non-hydrogen) atoms.